The Labute approximate surface area is 184 Å². The number of hydrogen-bond donors (Lipinski definition) is 1. The van der Waals surface area contributed by atoms with Gasteiger partial charge in [-0.1, -0.05) is 36.4 Å². The summed E-state index contributed by atoms with van der Waals surface area (Å²) in [7, 11) is 0. The standard InChI is InChI=1S/C24H25F3N2O3/c25-24(26,27)20-8-6-17-10-11-29(14-19(17)12-20)22(30)18-7-9-21(13-18)28-23(31)32-15-16-4-2-1-3-5-16/h1-6,8,12,18,21H,7,9-11,13-15H2,(H,28,31). The van der Waals surface area contributed by atoms with E-state index in [9.17, 15) is 22.8 Å². The van der Waals surface area contributed by atoms with Crippen molar-refractivity contribution in [3.8, 4) is 0 Å². The van der Waals surface area contributed by atoms with E-state index in [-0.39, 0.29) is 31.0 Å². The van der Waals surface area contributed by atoms with Crippen LogP contribution in [-0.4, -0.2) is 29.5 Å². The zero-order valence-electron chi connectivity index (χ0n) is 17.5. The lowest BCUT2D eigenvalue weighted by atomic mass is 9.95. The van der Waals surface area contributed by atoms with E-state index in [1.54, 1.807) is 4.90 Å². The van der Waals surface area contributed by atoms with Crippen molar-refractivity contribution in [2.45, 2.75) is 51.1 Å². The molecule has 2 atom stereocenters. The van der Waals surface area contributed by atoms with E-state index in [1.807, 2.05) is 30.3 Å². The van der Waals surface area contributed by atoms with Gasteiger partial charge in [-0.15, -0.1) is 0 Å². The average molecular weight is 446 g/mol. The summed E-state index contributed by atoms with van der Waals surface area (Å²) in [5.74, 6) is -0.309. The molecule has 1 aliphatic heterocycles. The Bertz CT molecular complexity index is 978. The third-order valence-electron chi connectivity index (χ3n) is 6.17. The monoisotopic (exact) mass is 446 g/mol. The van der Waals surface area contributed by atoms with Crippen molar-refractivity contribution in [1.82, 2.24) is 10.2 Å². The summed E-state index contributed by atoms with van der Waals surface area (Å²) in [5, 5.41) is 2.82. The maximum absolute atomic E-state index is 13.0. The maximum atomic E-state index is 13.0. The van der Waals surface area contributed by atoms with Gasteiger partial charge in [0.05, 0.1) is 5.56 Å². The number of nitrogens with zero attached hydrogens (tertiary/aromatic N) is 1. The second-order valence-electron chi connectivity index (χ2n) is 8.40. The quantitative estimate of drug-likeness (QED) is 0.742. The Morgan fingerprint density at radius 1 is 1.06 bits per heavy atom. The van der Waals surface area contributed by atoms with Crippen LogP contribution in [0.2, 0.25) is 0 Å². The highest BCUT2D eigenvalue weighted by molar-refractivity contribution is 5.80. The molecule has 2 aliphatic rings. The number of carbonyl (C=O) groups excluding carboxylic acids is 2. The molecule has 2 amide bonds. The van der Waals surface area contributed by atoms with E-state index in [1.165, 1.54) is 6.07 Å². The number of nitrogens with one attached hydrogen (secondary N) is 1. The molecule has 1 fully saturated rings. The molecule has 4 rings (SSSR count). The molecule has 0 aromatic heterocycles. The summed E-state index contributed by atoms with van der Waals surface area (Å²) in [6, 6.07) is 13.0. The van der Waals surface area contributed by atoms with Gasteiger partial charge in [-0.05, 0) is 54.5 Å². The molecule has 1 saturated carbocycles. The molecule has 0 bridgehead atoms. The van der Waals surface area contributed by atoms with Crippen LogP contribution in [0.4, 0.5) is 18.0 Å². The van der Waals surface area contributed by atoms with Crippen LogP contribution < -0.4 is 5.32 Å². The predicted octanol–water partition coefficient (Wildman–Crippen LogP) is 4.69. The van der Waals surface area contributed by atoms with E-state index in [4.69, 9.17) is 4.74 Å². The van der Waals surface area contributed by atoms with E-state index < -0.39 is 17.8 Å². The van der Waals surface area contributed by atoms with Gasteiger partial charge in [0.1, 0.15) is 6.61 Å². The number of benzene rings is 2. The van der Waals surface area contributed by atoms with Gasteiger partial charge in [-0.2, -0.15) is 13.2 Å². The summed E-state index contributed by atoms with van der Waals surface area (Å²) in [4.78, 5) is 26.7. The molecule has 2 aromatic rings. The highest BCUT2D eigenvalue weighted by Gasteiger charge is 2.36. The van der Waals surface area contributed by atoms with Crippen LogP contribution >= 0.6 is 0 Å². The predicted molar refractivity (Wildman–Crippen MR) is 111 cm³/mol. The summed E-state index contributed by atoms with van der Waals surface area (Å²) in [6.45, 7) is 0.853. The van der Waals surface area contributed by atoms with Crippen molar-refractivity contribution in [3.05, 3.63) is 70.8 Å². The van der Waals surface area contributed by atoms with Crippen molar-refractivity contribution >= 4 is 12.0 Å². The van der Waals surface area contributed by atoms with Crippen molar-refractivity contribution in [2.24, 2.45) is 5.92 Å². The van der Waals surface area contributed by atoms with Crippen LogP contribution in [0, 0.1) is 5.92 Å². The third kappa shape index (κ3) is 5.23. The van der Waals surface area contributed by atoms with Gasteiger partial charge in [0, 0.05) is 25.0 Å². The zero-order chi connectivity index (χ0) is 22.7. The Morgan fingerprint density at radius 2 is 1.84 bits per heavy atom. The summed E-state index contributed by atoms with van der Waals surface area (Å²) < 4.78 is 44.3. The van der Waals surface area contributed by atoms with Crippen LogP contribution in [0.25, 0.3) is 0 Å². The fourth-order valence-corrected chi connectivity index (χ4v) is 4.45. The number of fused-ring (bicyclic) bond motifs is 1. The Kier molecular flexibility index (Phi) is 6.39. The van der Waals surface area contributed by atoms with Crippen LogP contribution in [0.15, 0.2) is 48.5 Å². The van der Waals surface area contributed by atoms with Gasteiger partial charge in [-0.25, -0.2) is 4.79 Å². The van der Waals surface area contributed by atoms with Crippen LogP contribution in [0.1, 0.15) is 41.5 Å². The Morgan fingerprint density at radius 3 is 2.59 bits per heavy atom. The molecule has 0 radical (unpaired) electrons. The topological polar surface area (TPSA) is 58.6 Å². The molecule has 2 aromatic carbocycles. The van der Waals surface area contributed by atoms with Crippen molar-refractivity contribution < 1.29 is 27.5 Å². The fraction of sp³-hybridized carbons (Fsp3) is 0.417. The van der Waals surface area contributed by atoms with Gasteiger partial charge in [0.25, 0.3) is 0 Å². The second-order valence-corrected chi connectivity index (χ2v) is 8.40. The Hall–Kier alpha value is -3.03. The second kappa shape index (κ2) is 9.22. The number of alkyl halides is 3. The number of rotatable bonds is 4. The molecular formula is C24H25F3N2O3. The SMILES string of the molecule is O=C(NC1CCC(C(=O)N2CCc3ccc(C(F)(F)F)cc3C2)C1)OCc1ccccc1. The van der Waals surface area contributed by atoms with Crippen molar-refractivity contribution in [2.75, 3.05) is 6.54 Å². The molecule has 1 aliphatic carbocycles. The lowest BCUT2D eigenvalue weighted by molar-refractivity contribution is -0.137. The number of hydrogen-bond acceptors (Lipinski definition) is 3. The molecule has 1 N–H and O–H groups in total. The number of halogens is 3. The largest absolute Gasteiger partial charge is 0.445 e. The summed E-state index contributed by atoms with van der Waals surface area (Å²) in [5.41, 5.74) is 1.61. The molecule has 170 valence electrons. The molecule has 1 heterocycles. The normalized spacial score (nSPS) is 20.5. The third-order valence-corrected chi connectivity index (χ3v) is 6.17. The van der Waals surface area contributed by atoms with Crippen molar-refractivity contribution in [3.63, 3.8) is 0 Å². The Balaban J connectivity index is 1.29. The number of ether oxygens (including phenoxy) is 1. The van der Waals surface area contributed by atoms with E-state index >= 15 is 0 Å². The maximum Gasteiger partial charge on any atom is 0.416 e. The highest BCUT2D eigenvalue weighted by atomic mass is 19.4. The first-order chi connectivity index (χ1) is 15.3. The van der Waals surface area contributed by atoms with E-state index in [2.05, 4.69) is 5.32 Å². The summed E-state index contributed by atoms with van der Waals surface area (Å²) >= 11 is 0. The molecule has 2 unspecified atom stereocenters. The van der Waals surface area contributed by atoms with E-state index in [0.29, 0.717) is 37.8 Å². The van der Waals surface area contributed by atoms with Gasteiger partial charge >= 0.3 is 12.3 Å². The van der Waals surface area contributed by atoms with Crippen molar-refractivity contribution in [1.29, 1.82) is 0 Å². The number of alkyl carbamates (subject to hydrolysis) is 1. The zero-order valence-corrected chi connectivity index (χ0v) is 17.5. The fourth-order valence-electron chi connectivity index (χ4n) is 4.45. The highest BCUT2D eigenvalue weighted by Crippen LogP contribution is 2.33. The van der Waals surface area contributed by atoms with Crippen LogP contribution in [0.5, 0.6) is 0 Å². The first kappa shape index (κ1) is 22.2. The van der Waals surface area contributed by atoms with Gasteiger partial charge < -0.3 is 15.0 Å². The average Bonchev–Trinajstić information content (AvgIpc) is 3.25. The van der Waals surface area contributed by atoms with E-state index in [0.717, 1.165) is 23.3 Å². The van der Waals surface area contributed by atoms with Gasteiger partial charge in [0.15, 0.2) is 0 Å². The molecule has 0 saturated heterocycles. The van der Waals surface area contributed by atoms with Gasteiger partial charge in [0.2, 0.25) is 5.91 Å². The molecular weight excluding hydrogens is 421 g/mol. The number of amides is 2. The first-order valence-electron chi connectivity index (χ1n) is 10.7. The molecule has 5 nitrogen and oxygen atoms in total. The minimum absolute atomic E-state index is 0.0602. The molecule has 32 heavy (non-hydrogen) atoms. The smallest absolute Gasteiger partial charge is 0.416 e. The first-order valence-corrected chi connectivity index (χ1v) is 10.7. The summed E-state index contributed by atoms with van der Waals surface area (Å²) in [6.07, 6.45) is -2.57. The van der Waals surface area contributed by atoms with Crippen LogP contribution in [-0.2, 0) is 35.3 Å². The lowest BCUT2D eigenvalue weighted by Gasteiger charge is -2.31. The molecule has 0 spiro atoms. The minimum Gasteiger partial charge on any atom is -0.445 e. The lowest BCUT2D eigenvalue weighted by Crippen LogP contribution is -2.40. The number of carbonyl (C=O) groups is 2. The van der Waals surface area contributed by atoms with Crippen LogP contribution in [0.3, 0.4) is 0 Å². The van der Waals surface area contributed by atoms with Gasteiger partial charge in [-0.3, -0.25) is 4.79 Å². The molecule has 8 heteroatoms. The minimum atomic E-state index is -4.40.